The zero-order chi connectivity index (χ0) is 16.0. The quantitative estimate of drug-likeness (QED) is 0.902. The summed E-state index contributed by atoms with van der Waals surface area (Å²) in [6, 6.07) is 3.56. The third-order valence-electron chi connectivity index (χ3n) is 4.55. The van der Waals surface area contributed by atoms with Crippen molar-refractivity contribution in [2.24, 2.45) is 0 Å². The van der Waals surface area contributed by atoms with Crippen LogP contribution in [0.1, 0.15) is 37.9 Å². The molecule has 23 heavy (non-hydrogen) atoms. The normalized spacial score (nSPS) is 24.8. The summed E-state index contributed by atoms with van der Waals surface area (Å²) in [6.07, 6.45) is 1.31. The molecule has 1 amide bonds. The van der Waals surface area contributed by atoms with Gasteiger partial charge in [0.2, 0.25) is 11.7 Å². The number of rotatable bonds is 2. The minimum atomic E-state index is -2.75. The molecule has 7 nitrogen and oxygen atoms in total. The summed E-state index contributed by atoms with van der Waals surface area (Å²) >= 11 is 0. The number of hydrogen-bond acceptors (Lipinski definition) is 5. The molecule has 0 spiro atoms. The SMILES string of the molecule is O=C1CN(c2ccc3nnc(C(F)F)n3n2)C2CCCCC2N1. The maximum absolute atomic E-state index is 13.0. The minimum absolute atomic E-state index is 0.0621. The highest BCUT2D eigenvalue weighted by atomic mass is 19.3. The highest BCUT2D eigenvalue weighted by Gasteiger charge is 2.37. The topological polar surface area (TPSA) is 75.4 Å². The number of carbonyl (C=O) groups excluding carboxylic acids is 1. The number of halogens is 2. The van der Waals surface area contributed by atoms with Gasteiger partial charge in [-0.15, -0.1) is 15.3 Å². The molecule has 9 heteroatoms. The summed E-state index contributed by atoms with van der Waals surface area (Å²) in [6.45, 7) is 0.186. The number of anilines is 1. The molecule has 1 aliphatic carbocycles. The van der Waals surface area contributed by atoms with Gasteiger partial charge >= 0.3 is 0 Å². The lowest BCUT2D eigenvalue weighted by Gasteiger charge is -2.44. The predicted octanol–water partition coefficient (Wildman–Crippen LogP) is 1.31. The summed E-state index contributed by atoms with van der Waals surface area (Å²) in [5, 5.41) is 14.5. The van der Waals surface area contributed by atoms with E-state index >= 15 is 0 Å². The Labute approximate surface area is 130 Å². The van der Waals surface area contributed by atoms with Gasteiger partial charge in [-0.05, 0) is 25.0 Å². The maximum atomic E-state index is 13.0. The second-order valence-corrected chi connectivity index (χ2v) is 5.97. The van der Waals surface area contributed by atoms with E-state index in [1.807, 2.05) is 4.90 Å². The smallest absolute Gasteiger partial charge is 0.299 e. The van der Waals surface area contributed by atoms with Crippen LogP contribution in [0.25, 0.3) is 5.65 Å². The Morgan fingerprint density at radius 2 is 2.04 bits per heavy atom. The Morgan fingerprint density at radius 1 is 1.22 bits per heavy atom. The Balaban J connectivity index is 1.74. The molecule has 3 heterocycles. The van der Waals surface area contributed by atoms with Crippen molar-refractivity contribution in [1.82, 2.24) is 25.1 Å². The molecule has 2 aromatic heterocycles. The van der Waals surface area contributed by atoms with Gasteiger partial charge in [-0.2, -0.15) is 4.52 Å². The summed E-state index contributed by atoms with van der Waals surface area (Å²) < 4.78 is 27.0. The molecule has 1 aliphatic heterocycles. The van der Waals surface area contributed by atoms with E-state index in [1.54, 1.807) is 12.1 Å². The third-order valence-corrected chi connectivity index (χ3v) is 4.55. The van der Waals surface area contributed by atoms with E-state index in [0.29, 0.717) is 5.82 Å². The monoisotopic (exact) mass is 322 g/mol. The molecule has 1 N–H and O–H groups in total. The van der Waals surface area contributed by atoms with Crippen LogP contribution in [0.15, 0.2) is 12.1 Å². The van der Waals surface area contributed by atoms with Crippen LogP contribution < -0.4 is 10.2 Å². The lowest BCUT2D eigenvalue weighted by Crippen LogP contribution is -2.62. The number of piperazine rings is 1. The maximum Gasteiger partial charge on any atom is 0.299 e. The van der Waals surface area contributed by atoms with E-state index in [2.05, 4.69) is 20.6 Å². The van der Waals surface area contributed by atoms with E-state index in [0.717, 1.165) is 30.2 Å². The van der Waals surface area contributed by atoms with Crippen molar-refractivity contribution in [3.63, 3.8) is 0 Å². The molecule has 0 aromatic carbocycles. The van der Waals surface area contributed by atoms with Gasteiger partial charge in [0.1, 0.15) is 0 Å². The van der Waals surface area contributed by atoms with Gasteiger partial charge in [0, 0.05) is 6.04 Å². The number of carbonyl (C=O) groups is 1. The van der Waals surface area contributed by atoms with Crippen LogP contribution in [-0.4, -0.2) is 44.3 Å². The van der Waals surface area contributed by atoms with E-state index in [4.69, 9.17) is 0 Å². The second-order valence-electron chi connectivity index (χ2n) is 5.97. The van der Waals surface area contributed by atoms with Crippen LogP contribution in [-0.2, 0) is 4.79 Å². The van der Waals surface area contributed by atoms with Crippen molar-refractivity contribution >= 4 is 17.4 Å². The van der Waals surface area contributed by atoms with Crippen LogP contribution in [0.3, 0.4) is 0 Å². The molecular weight excluding hydrogens is 306 g/mol. The Bertz CT molecular complexity index is 748. The van der Waals surface area contributed by atoms with Crippen molar-refractivity contribution in [2.45, 2.75) is 44.2 Å². The van der Waals surface area contributed by atoms with Crippen LogP contribution in [0.5, 0.6) is 0 Å². The van der Waals surface area contributed by atoms with Crippen LogP contribution in [0, 0.1) is 0 Å². The lowest BCUT2D eigenvalue weighted by atomic mass is 9.87. The van der Waals surface area contributed by atoms with Crippen molar-refractivity contribution in [1.29, 1.82) is 0 Å². The first kappa shape index (κ1) is 14.3. The molecule has 2 unspecified atom stereocenters. The molecule has 2 atom stereocenters. The number of nitrogens with zero attached hydrogens (tertiary/aromatic N) is 5. The molecule has 0 radical (unpaired) electrons. The van der Waals surface area contributed by atoms with Gasteiger partial charge in [-0.25, -0.2) is 8.78 Å². The van der Waals surface area contributed by atoms with Gasteiger partial charge in [0.25, 0.3) is 6.43 Å². The summed E-state index contributed by atoms with van der Waals surface area (Å²) in [4.78, 5) is 13.9. The van der Waals surface area contributed by atoms with E-state index < -0.39 is 12.2 Å². The van der Waals surface area contributed by atoms with Gasteiger partial charge in [0.05, 0.1) is 12.6 Å². The average Bonchev–Trinajstić information content (AvgIpc) is 2.97. The van der Waals surface area contributed by atoms with Crippen molar-refractivity contribution in [3.8, 4) is 0 Å². The van der Waals surface area contributed by atoms with Crippen molar-refractivity contribution in [3.05, 3.63) is 18.0 Å². The van der Waals surface area contributed by atoms with Gasteiger partial charge in [-0.1, -0.05) is 12.8 Å². The second kappa shape index (κ2) is 5.39. The summed E-state index contributed by atoms with van der Waals surface area (Å²) in [7, 11) is 0. The fourth-order valence-corrected chi connectivity index (χ4v) is 3.51. The fourth-order valence-electron chi connectivity index (χ4n) is 3.51. The fraction of sp³-hybridized carbons (Fsp3) is 0.571. The van der Waals surface area contributed by atoms with Crippen molar-refractivity contribution in [2.75, 3.05) is 11.4 Å². The van der Waals surface area contributed by atoms with E-state index in [-0.39, 0.29) is 30.2 Å². The lowest BCUT2D eigenvalue weighted by molar-refractivity contribution is -0.122. The van der Waals surface area contributed by atoms with E-state index in [9.17, 15) is 13.6 Å². The molecule has 1 saturated heterocycles. The Hall–Kier alpha value is -2.32. The first-order valence-corrected chi connectivity index (χ1v) is 7.70. The van der Waals surface area contributed by atoms with Gasteiger partial charge in [-0.3, -0.25) is 4.79 Å². The number of hydrogen-bond donors (Lipinski definition) is 1. The predicted molar refractivity (Wildman–Crippen MR) is 77.3 cm³/mol. The molecule has 0 bridgehead atoms. The minimum Gasteiger partial charge on any atom is -0.350 e. The number of amides is 1. The molecule has 1 saturated carbocycles. The summed E-state index contributed by atoms with van der Waals surface area (Å²) in [5.74, 6) is -0.0395. The standard InChI is InChI=1S/C14H16F2N6O/c15-13(16)14-19-18-10-5-6-11(20-22(10)14)21-7-12(23)17-8-3-1-2-4-9(8)21/h5-6,8-9,13H,1-4,7H2,(H,17,23). The average molecular weight is 322 g/mol. The first-order valence-electron chi connectivity index (χ1n) is 7.70. The molecular formula is C14H16F2N6O. The molecule has 4 rings (SSSR count). The van der Waals surface area contributed by atoms with Crippen LogP contribution in [0.2, 0.25) is 0 Å². The zero-order valence-corrected chi connectivity index (χ0v) is 12.3. The molecule has 2 aliphatic rings. The summed E-state index contributed by atoms with van der Waals surface area (Å²) in [5.41, 5.74) is 0.269. The number of alkyl halides is 2. The highest BCUT2D eigenvalue weighted by molar-refractivity contribution is 5.83. The van der Waals surface area contributed by atoms with Gasteiger partial charge < -0.3 is 10.2 Å². The molecule has 2 fully saturated rings. The molecule has 2 aromatic rings. The molecule has 122 valence electrons. The van der Waals surface area contributed by atoms with Gasteiger partial charge in [0.15, 0.2) is 11.5 Å². The third kappa shape index (κ3) is 2.40. The zero-order valence-electron chi connectivity index (χ0n) is 12.3. The Morgan fingerprint density at radius 3 is 2.87 bits per heavy atom. The number of aromatic nitrogens is 4. The largest absolute Gasteiger partial charge is 0.350 e. The Kier molecular flexibility index (Phi) is 3.35. The van der Waals surface area contributed by atoms with Crippen LogP contribution in [0.4, 0.5) is 14.6 Å². The highest BCUT2D eigenvalue weighted by Crippen LogP contribution is 2.29. The van der Waals surface area contributed by atoms with Crippen molar-refractivity contribution < 1.29 is 13.6 Å². The number of nitrogens with one attached hydrogen (secondary N) is 1. The van der Waals surface area contributed by atoms with Crippen LogP contribution >= 0.6 is 0 Å². The number of fused-ring (bicyclic) bond motifs is 2. The van der Waals surface area contributed by atoms with E-state index in [1.165, 1.54) is 0 Å². The first-order chi connectivity index (χ1) is 11.1.